The minimum Gasteiger partial charge on any atom is -0.453 e. The molecule has 2 heterocycles. The summed E-state index contributed by atoms with van der Waals surface area (Å²) < 4.78 is 43.1. The smallest absolute Gasteiger partial charge is 0.413 e. The number of halogens is 3. The Labute approximate surface area is 181 Å². The largest absolute Gasteiger partial charge is 0.453 e. The Morgan fingerprint density at radius 3 is 2.48 bits per heavy atom. The highest BCUT2D eigenvalue weighted by molar-refractivity contribution is 7.99. The Bertz CT molecular complexity index is 1060. The van der Waals surface area contributed by atoms with Crippen molar-refractivity contribution < 1.29 is 22.7 Å². The fourth-order valence-corrected chi connectivity index (χ4v) is 4.43. The lowest BCUT2D eigenvalue weighted by Gasteiger charge is -2.34. The van der Waals surface area contributed by atoms with Crippen LogP contribution in [0.15, 0.2) is 52.3 Å². The summed E-state index contributed by atoms with van der Waals surface area (Å²) in [4.78, 5) is 22.6. The topological polar surface area (TPSA) is 70.2 Å². The molecule has 1 aliphatic heterocycles. The summed E-state index contributed by atoms with van der Waals surface area (Å²) in [6, 6.07) is 13.6. The summed E-state index contributed by atoms with van der Waals surface area (Å²) in [7, 11) is 1.28. The van der Waals surface area contributed by atoms with Crippen LogP contribution in [0.1, 0.15) is 12.8 Å². The standard InChI is InChI=1S/C21H21F3N4O2S/c1-30-20(29)27-19-25-17-7-6-16(12-18(17)26-19)31-15-4-2-14(3-5-15)28-10-8-13(9-11-28)21(22,23)24/h2-7,12-13H,8-11H2,1H3,(H2,25,26,27,29). The maximum Gasteiger partial charge on any atom is 0.413 e. The lowest BCUT2D eigenvalue weighted by molar-refractivity contribution is -0.179. The number of hydrogen-bond acceptors (Lipinski definition) is 5. The second-order valence-electron chi connectivity index (χ2n) is 7.28. The van der Waals surface area contributed by atoms with E-state index < -0.39 is 18.2 Å². The van der Waals surface area contributed by atoms with Crippen molar-refractivity contribution in [3.05, 3.63) is 42.5 Å². The lowest BCUT2D eigenvalue weighted by Crippen LogP contribution is -2.38. The first-order chi connectivity index (χ1) is 14.8. The number of hydrogen-bond donors (Lipinski definition) is 2. The fourth-order valence-electron chi connectivity index (χ4n) is 3.58. The van der Waals surface area contributed by atoms with Crippen molar-refractivity contribution in [1.29, 1.82) is 0 Å². The zero-order chi connectivity index (χ0) is 22.0. The number of aromatic amines is 1. The molecule has 0 bridgehead atoms. The van der Waals surface area contributed by atoms with Crippen LogP contribution in [0, 0.1) is 5.92 Å². The van der Waals surface area contributed by atoms with Gasteiger partial charge in [-0.3, -0.25) is 5.32 Å². The number of carbonyl (C=O) groups is 1. The van der Waals surface area contributed by atoms with Gasteiger partial charge in [0, 0.05) is 28.6 Å². The quantitative estimate of drug-likeness (QED) is 0.536. The van der Waals surface area contributed by atoms with Gasteiger partial charge in [0.2, 0.25) is 5.95 Å². The third-order valence-corrected chi connectivity index (χ3v) is 6.25. The van der Waals surface area contributed by atoms with E-state index in [1.165, 1.54) is 7.11 Å². The van der Waals surface area contributed by atoms with Crippen LogP contribution in [-0.2, 0) is 4.74 Å². The number of ether oxygens (including phenoxy) is 1. The van der Waals surface area contributed by atoms with Gasteiger partial charge in [-0.25, -0.2) is 9.78 Å². The minimum atomic E-state index is -4.10. The number of aromatic nitrogens is 2. The molecular formula is C21H21F3N4O2S. The Kier molecular flexibility index (Phi) is 5.99. The molecule has 164 valence electrons. The van der Waals surface area contributed by atoms with E-state index in [1.807, 2.05) is 47.4 Å². The summed E-state index contributed by atoms with van der Waals surface area (Å²) >= 11 is 1.56. The Hall–Kier alpha value is -2.88. The molecule has 1 aliphatic rings. The summed E-state index contributed by atoms with van der Waals surface area (Å²) in [6.45, 7) is 0.822. The Morgan fingerprint density at radius 1 is 1.16 bits per heavy atom. The van der Waals surface area contributed by atoms with Crippen molar-refractivity contribution >= 4 is 40.5 Å². The van der Waals surface area contributed by atoms with E-state index >= 15 is 0 Å². The molecule has 1 saturated heterocycles. The van der Waals surface area contributed by atoms with Gasteiger partial charge in [-0.2, -0.15) is 13.2 Å². The van der Waals surface area contributed by atoms with E-state index in [9.17, 15) is 18.0 Å². The maximum atomic E-state index is 12.8. The van der Waals surface area contributed by atoms with E-state index in [0.29, 0.717) is 24.6 Å². The van der Waals surface area contributed by atoms with Crippen molar-refractivity contribution in [3.8, 4) is 0 Å². The van der Waals surface area contributed by atoms with Crippen LogP contribution in [0.25, 0.3) is 11.0 Å². The number of methoxy groups -OCH3 is 1. The third kappa shape index (κ3) is 5.07. The number of nitrogens with zero attached hydrogens (tertiary/aromatic N) is 2. The molecule has 2 N–H and O–H groups in total. The normalized spacial score (nSPS) is 15.3. The molecule has 4 rings (SSSR count). The van der Waals surface area contributed by atoms with Gasteiger partial charge in [-0.1, -0.05) is 11.8 Å². The van der Waals surface area contributed by atoms with Gasteiger partial charge < -0.3 is 14.6 Å². The van der Waals surface area contributed by atoms with Gasteiger partial charge in [-0.15, -0.1) is 0 Å². The van der Waals surface area contributed by atoms with Crippen LogP contribution >= 0.6 is 11.8 Å². The molecule has 3 aromatic rings. The van der Waals surface area contributed by atoms with Gasteiger partial charge in [0.25, 0.3) is 0 Å². The summed E-state index contributed by atoms with van der Waals surface area (Å²) in [5.41, 5.74) is 2.43. The van der Waals surface area contributed by atoms with Crippen LogP contribution in [0.3, 0.4) is 0 Å². The first-order valence-electron chi connectivity index (χ1n) is 9.76. The van der Waals surface area contributed by atoms with Gasteiger partial charge in [0.1, 0.15) is 0 Å². The predicted molar refractivity (Wildman–Crippen MR) is 114 cm³/mol. The van der Waals surface area contributed by atoms with E-state index in [0.717, 1.165) is 21.0 Å². The number of H-pyrrole nitrogens is 1. The number of imidazole rings is 1. The zero-order valence-corrected chi connectivity index (χ0v) is 17.5. The van der Waals surface area contributed by atoms with E-state index in [4.69, 9.17) is 0 Å². The highest BCUT2D eigenvalue weighted by Gasteiger charge is 2.41. The summed E-state index contributed by atoms with van der Waals surface area (Å²) in [5.74, 6) is -0.887. The highest BCUT2D eigenvalue weighted by atomic mass is 32.2. The number of rotatable bonds is 4. The van der Waals surface area contributed by atoms with Crippen LogP contribution in [-0.4, -0.2) is 42.4 Å². The minimum absolute atomic E-state index is 0.135. The van der Waals surface area contributed by atoms with Crippen molar-refractivity contribution in [2.24, 2.45) is 5.92 Å². The molecule has 0 spiro atoms. The molecule has 6 nitrogen and oxygen atoms in total. The first kappa shape index (κ1) is 21.4. The Balaban J connectivity index is 1.40. The summed E-state index contributed by atoms with van der Waals surface area (Å²) in [6.07, 6.45) is -4.43. The van der Waals surface area contributed by atoms with E-state index in [2.05, 4.69) is 20.0 Å². The Morgan fingerprint density at radius 2 is 1.84 bits per heavy atom. The number of fused-ring (bicyclic) bond motifs is 1. The van der Waals surface area contributed by atoms with Crippen LogP contribution < -0.4 is 10.2 Å². The van der Waals surface area contributed by atoms with Crippen LogP contribution in [0.4, 0.5) is 29.6 Å². The average Bonchev–Trinajstić information content (AvgIpc) is 3.15. The van der Waals surface area contributed by atoms with Gasteiger partial charge in [-0.05, 0) is 55.3 Å². The highest BCUT2D eigenvalue weighted by Crippen LogP contribution is 2.36. The molecular weight excluding hydrogens is 429 g/mol. The van der Waals surface area contributed by atoms with Crippen LogP contribution in [0.2, 0.25) is 0 Å². The molecule has 0 unspecified atom stereocenters. The number of alkyl halides is 3. The molecule has 2 aromatic carbocycles. The molecule has 0 atom stereocenters. The van der Waals surface area contributed by atoms with Gasteiger partial charge >= 0.3 is 12.3 Å². The fraction of sp³-hybridized carbons (Fsp3) is 0.333. The van der Waals surface area contributed by atoms with Crippen molar-refractivity contribution in [1.82, 2.24) is 9.97 Å². The zero-order valence-electron chi connectivity index (χ0n) is 16.7. The number of nitrogens with one attached hydrogen (secondary N) is 2. The lowest BCUT2D eigenvalue weighted by atomic mass is 9.96. The van der Waals surface area contributed by atoms with Gasteiger partial charge in [0.15, 0.2) is 0 Å². The van der Waals surface area contributed by atoms with Gasteiger partial charge in [0.05, 0.1) is 24.1 Å². The van der Waals surface area contributed by atoms with Crippen molar-refractivity contribution in [2.75, 3.05) is 30.4 Å². The SMILES string of the molecule is COC(=O)Nc1nc2cc(Sc3ccc(N4CCC(C(F)(F)F)CC4)cc3)ccc2[nH]1. The second kappa shape index (κ2) is 8.70. The van der Waals surface area contributed by atoms with Crippen molar-refractivity contribution in [3.63, 3.8) is 0 Å². The second-order valence-corrected chi connectivity index (χ2v) is 8.43. The number of carbonyl (C=O) groups excluding carboxylic acids is 1. The average molecular weight is 450 g/mol. The molecule has 1 amide bonds. The summed E-state index contributed by atoms with van der Waals surface area (Å²) in [5, 5.41) is 2.50. The molecule has 0 aliphatic carbocycles. The number of amides is 1. The number of piperidine rings is 1. The third-order valence-electron chi connectivity index (χ3n) is 5.26. The molecule has 0 saturated carbocycles. The maximum absolute atomic E-state index is 12.8. The van der Waals surface area contributed by atoms with E-state index in [-0.39, 0.29) is 12.8 Å². The van der Waals surface area contributed by atoms with Crippen LogP contribution in [0.5, 0.6) is 0 Å². The number of benzene rings is 2. The number of anilines is 2. The molecule has 31 heavy (non-hydrogen) atoms. The predicted octanol–water partition coefficient (Wildman–Crippen LogP) is 5.67. The first-order valence-corrected chi connectivity index (χ1v) is 10.6. The van der Waals surface area contributed by atoms with Crippen molar-refractivity contribution in [2.45, 2.75) is 28.8 Å². The molecule has 1 aromatic heterocycles. The molecule has 10 heteroatoms. The molecule has 1 fully saturated rings. The molecule has 0 radical (unpaired) electrons. The van der Waals surface area contributed by atoms with E-state index in [1.54, 1.807) is 11.8 Å². The monoisotopic (exact) mass is 450 g/mol.